The largest absolute Gasteiger partial charge is 0.354 e. The van der Waals surface area contributed by atoms with Crippen molar-refractivity contribution in [3.05, 3.63) is 0 Å². The third-order valence-electron chi connectivity index (χ3n) is 3.54. The summed E-state index contributed by atoms with van der Waals surface area (Å²) in [5, 5.41) is 6.15. The van der Waals surface area contributed by atoms with Crippen LogP contribution in [0.3, 0.4) is 0 Å². The Hall–Kier alpha value is -0.420. The van der Waals surface area contributed by atoms with Crippen molar-refractivity contribution in [3.8, 4) is 0 Å². The van der Waals surface area contributed by atoms with Crippen LogP contribution in [0, 0.1) is 5.92 Å². The van der Waals surface area contributed by atoms with Gasteiger partial charge < -0.3 is 10.6 Å². The first-order valence-corrected chi connectivity index (χ1v) is 8.00. The molecule has 0 saturated carbocycles. The normalized spacial score (nSPS) is 28.4. The fourth-order valence-electron chi connectivity index (χ4n) is 2.05. The van der Waals surface area contributed by atoms with E-state index in [1.54, 1.807) is 6.26 Å². The highest BCUT2D eigenvalue weighted by Crippen LogP contribution is 2.19. The number of carbonyl (C=O) groups excluding carboxylic acids is 1. The van der Waals surface area contributed by atoms with E-state index in [1.165, 1.54) is 0 Å². The van der Waals surface area contributed by atoms with Crippen LogP contribution < -0.4 is 10.6 Å². The Morgan fingerprint density at radius 1 is 1.59 bits per heavy atom. The summed E-state index contributed by atoms with van der Waals surface area (Å²) in [6, 6.07) is -0.0637. The molecule has 0 aromatic heterocycles. The summed E-state index contributed by atoms with van der Waals surface area (Å²) in [5.41, 5.74) is 0. The van der Waals surface area contributed by atoms with Gasteiger partial charge in [0.2, 0.25) is 5.91 Å². The van der Waals surface area contributed by atoms with E-state index in [1.807, 2.05) is 6.92 Å². The van der Waals surface area contributed by atoms with Gasteiger partial charge in [0, 0.05) is 28.9 Å². The molecule has 5 heteroatoms. The standard InChI is InChI=1S/C12H24N2O2S/c1-4-10-5-6-13-11(7-10)12(15)14-8-9(2)17(3)16/h9-11,13H,4-8H2,1-3H3,(H,14,15). The number of amides is 1. The van der Waals surface area contributed by atoms with Gasteiger partial charge in [0.15, 0.2) is 0 Å². The molecule has 0 spiro atoms. The predicted octanol–water partition coefficient (Wildman–Crippen LogP) is 0.648. The second kappa shape index (κ2) is 7.11. The maximum Gasteiger partial charge on any atom is 0.237 e. The molecule has 0 bridgehead atoms. The van der Waals surface area contributed by atoms with Gasteiger partial charge in [0.25, 0.3) is 0 Å². The van der Waals surface area contributed by atoms with Crippen molar-refractivity contribution in [3.63, 3.8) is 0 Å². The van der Waals surface area contributed by atoms with Gasteiger partial charge in [-0.3, -0.25) is 9.00 Å². The third kappa shape index (κ3) is 4.76. The van der Waals surface area contributed by atoms with Gasteiger partial charge in [0.05, 0.1) is 6.04 Å². The van der Waals surface area contributed by atoms with Crippen molar-refractivity contribution in [1.82, 2.24) is 10.6 Å². The molecule has 0 aromatic rings. The quantitative estimate of drug-likeness (QED) is 0.763. The lowest BCUT2D eigenvalue weighted by atomic mass is 9.90. The molecular weight excluding hydrogens is 236 g/mol. The van der Waals surface area contributed by atoms with Gasteiger partial charge in [-0.05, 0) is 32.2 Å². The molecule has 1 fully saturated rings. The lowest BCUT2D eigenvalue weighted by Gasteiger charge is -2.29. The number of hydrogen-bond acceptors (Lipinski definition) is 3. The van der Waals surface area contributed by atoms with Gasteiger partial charge in [-0.2, -0.15) is 0 Å². The minimum absolute atomic E-state index is 0.0181. The first-order chi connectivity index (χ1) is 8.04. The number of hydrogen-bond donors (Lipinski definition) is 2. The topological polar surface area (TPSA) is 58.2 Å². The molecule has 1 aliphatic heterocycles. The molecule has 17 heavy (non-hydrogen) atoms. The molecule has 1 aliphatic rings. The zero-order chi connectivity index (χ0) is 12.8. The van der Waals surface area contributed by atoms with Crippen LogP contribution in [0.5, 0.6) is 0 Å². The highest BCUT2D eigenvalue weighted by Gasteiger charge is 2.25. The molecule has 1 rings (SSSR count). The Morgan fingerprint density at radius 2 is 2.29 bits per heavy atom. The molecule has 0 radical (unpaired) electrons. The van der Waals surface area contributed by atoms with Crippen LogP contribution in [0.25, 0.3) is 0 Å². The van der Waals surface area contributed by atoms with E-state index >= 15 is 0 Å². The number of carbonyl (C=O) groups is 1. The van der Waals surface area contributed by atoms with E-state index in [9.17, 15) is 9.00 Å². The molecule has 1 amide bonds. The van der Waals surface area contributed by atoms with Crippen LogP contribution in [0.2, 0.25) is 0 Å². The van der Waals surface area contributed by atoms with Crippen LogP contribution in [-0.2, 0) is 15.6 Å². The van der Waals surface area contributed by atoms with Gasteiger partial charge in [-0.25, -0.2) is 0 Å². The summed E-state index contributed by atoms with van der Waals surface area (Å²) >= 11 is 0. The van der Waals surface area contributed by atoms with E-state index in [2.05, 4.69) is 17.6 Å². The van der Waals surface area contributed by atoms with Gasteiger partial charge in [-0.1, -0.05) is 13.3 Å². The monoisotopic (exact) mass is 260 g/mol. The maximum atomic E-state index is 11.9. The number of piperidine rings is 1. The smallest absolute Gasteiger partial charge is 0.237 e. The predicted molar refractivity (Wildman–Crippen MR) is 71.3 cm³/mol. The van der Waals surface area contributed by atoms with Crippen molar-refractivity contribution in [2.45, 2.75) is 44.4 Å². The van der Waals surface area contributed by atoms with Crippen LogP contribution in [0.1, 0.15) is 33.1 Å². The van der Waals surface area contributed by atoms with E-state index in [0.717, 1.165) is 25.8 Å². The molecule has 100 valence electrons. The van der Waals surface area contributed by atoms with Gasteiger partial charge >= 0.3 is 0 Å². The molecule has 4 atom stereocenters. The average molecular weight is 260 g/mol. The van der Waals surface area contributed by atoms with Crippen LogP contribution in [-0.4, -0.2) is 40.8 Å². The SMILES string of the molecule is CCC1CCNC(C(=O)NCC(C)S(C)=O)C1. The maximum absolute atomic E-state index is 11.9. The molecule has 2 N–H and O–H groups in total. The van der Waals surface area contributed by atoms with Gasteiger partial charge in [0.1, 0.15) is 0 Å². The van der Waals surface area contributed by atoms with Crippen LogP contribution >= 0.6 is 0 Å². The lowest BCUT2D eigenvalue weighted by molar-refractivity contribution is -0.124. The van der Waals surface area contributed by atoms with E-state index in [-0.39, 0.29) is 17.2 Å². The minimum atomic E-state index is -0.875. The molecule has 1 saturated heterocycles. The minimum Gasteiger partial charge on any atom is -0.354 e. The Labute approximate surface area is 106 Å². The Balaban J connectivity index is 2.34. The van der Waals surface area contributed by atoms with Gasteiger partial charge in [-0.15, -0.1) is 0 Å². The van der Waals surface area contributed by atoms with Crippen LogP contribution in [0.15, 0.2) is 0 Å². The molecule has 4 unspecified atom stereocenters. The fraction of sp³-hybridized carbons (Fsp3) is 0.917. The van der Waals surface area contributed by atoms with Crippen LogP contribution in [0.4, 0.5) is 0 Å². The number of nitrogens with one attached hydrogen (secondary N) is 2. The van der Waals surface area contributed by atoms with Crippen molar-refractivity contribution in [1.29, 1.82) is 0 Å². The first kappa shape index (κ1) is 14.6. The fourth-order valence-corrected chi connectivity index (χ4v) is 2.37. The molecule has 1 heterocycles. The molecule has 4 nitrogen and oxygen atoms in total. The first-order valence-electron chi connectivity index (χ1n) is 6.37. The molecule has 0 aromatic carbocycles. The number of rotatable bonds is 5. The van der Waals surface area contributed by atoms with Crippen molar-refractivity contribution >= 4 is 16.7 Å². The van der Waals surface area contributed by atoms with E-state index in [4.69, 9.17) is 0 Å². The highest BCUT2D eigenvalue weighted by atomic mass is 32.2. The highest BCUT2D eigenvalue weighted by molar-refractivity contribution is 7.84. The summed E-state index contributed by atoms with van der Waals surface area (Å²) in [5.74, 6) is 0.713. The second-order valence-electron chi connectivity index (χ2n) is 4.86. The Kier molecular flexibility index (Phi) is 6.12. The van der Waals surface area contributed by atoms with E-state index < -0.39 is 10.8 Å². The zero-order valence-electron chi connectivity index (χ0n) is 11.0. The second-order valence-corrected chi connectivity index (χ2v) is 6.66. The summed E-state index contributed by atoms with van der Waals surface area (Å²) < 4.78 is 11.2. The lowest BCUT2D eigenvalue weighted by Crippen LogP contribution is -2.50. The summed E-state index contributed by atoms with van der Waals surface area (Å²) in [6.07, 6.45) is 4.89. The van der Waals surface area contributed by atoms with Crippen molar-refractivity contribution in [2.75, 3.05) is 19.3 Å². The third-order valence-corrected chi connectivity index (χ3v) is 4.84. The molecular formula is C12H24N2O2S. The molecule has 0 aliphatic carbocycles. The Bertz CT molecular complexity index is 284. The Morgan fingerprint density at radius 3 is 2.88 bits per heavy atom. The zero-order valence-corrected chi connectivity index (χ0v) is 11.8. The average Bonchev–Trinajstić information content (AvgIpc) is 2.35. The summed E-state index contributed by atoms with van der Waals surface area (Å²) in [4.78, 5) is 11.9. The summed E-state index contributed by atoms with van der Waals surface area (Å²) in [7, 11) is -0.875. The summed E-state index contributed by atoms with van der Waals surface area (Å²) in [6.45, 7) is 5.48. The van der Waals surface area contributed by atoms with E-state index in [0.29, 0.717) is 12.5 Å². The van der Waals surface area contributed by atoms with Crippen molar-refractivity contribution < 1.29 is 9.00 Å². The van der Waals surface area contributed by atoms with Crippen molar-refractivity contribution in [2.24, 2.45) is 5.92 Å².